The van der Waals surface area contributed by atoms with E-state index in [1.54, 1.807) is 12.1 Å². The molecule has 1 amide bonds. The van der Waals surface area contributed by atoms with Gasteiger partial charge in [-0.25, -0.2) is 8.42 Å². The number of carbonyl (C=O) groups excluding carboxylic acids is 1. The number of hydrogen-bond donors (Lipinski definition) is 2. The molecular weight excluding hydrogens is 485 g/mol. The van der Waals surface area contributed by atoms with E-state index in [9.17, 15) is 18.3 Å². The van der Waals surface area contributed by atoms with Crippen molar-refractivity contribution in [2.24, 2.45) is 10.2 Å². The topological polar surface area (TPSA) is 108 Å². The number of aromatic hydroxyl groups is 1. The molecule has 0 saturated carbocycles. The molecule has 0 bridgehead atoms. The average molecular weight is 502 g/mol. The number of amides is 1. The minimum Gasteiger partial charge on any atom is -0.505 e. The second kappa shape index (κ2) is 9.35. The fraction of sp³-hybridized carbons (Fsp3) is 0.0870. The van der Waals surface area contributed by atoms with E-state index >= 15 is 0 Å². The van der Waals surface area contributed by atoms with E-state index in [2.05, 4.69) is 15.0 Å². The molecule has 168 valence electrons. The van der Waals surface area contributed by atoms with Gasteiger partial charge in [0.2, 0.25) is 0 Å². The number of nitrogens with zero attached hydrogens (tertiary/aromatic N) is 2. The molecule has 4 rings (SSSR count). The number of halogens is 2. The molecule has 7 nitrogen and oxygen atoms in total. The molecule has 33 heavy (non-hydrogen) atoms. The molecular formula is C23H17Cl2N3O4S. The molecule has 2 N–H and O–H groups in total. The van der Waals surface area contributed by atoms with E-state index < -0.39 is 15.9 Å². The van der Waals surface area contributed by atoms with Crippen LogP contribution in [-0.4, -0.2) is 19.4 Å². The van der Waals surface area contributed by atoms with Crippen LogP contribution in [0.25, 0.3) is 0 Å². The normalized spacial score (nSPS) is 13.2. The number of hydrogen-bond acceptors (Lipinski definition) is 5. The van der Waals surface area contributed by atoms with Crippen molar-refractivity contribution in [1.29, 1.82) is 0 Å². The summed E-state index contributed by atoms with van der Waals surface area (Å²) >= 11 is 11.7. The molecule has 0 aliphatic heterocycles. The van der Waals surface area contributed by atoms with Gasteiger partial charge >= 0.3 is 0 Å². The molecule has 10 heteroatoms. The van der Waals surface area contributed by atoms with Gasteiger partial charge in [-0.05, 0) is 73.0 Å². The van der Waals surface area contributed by atoms with Gasteiger partial charge in [0.15, 0.2) is 0 Å². The van der Waals surface area contributed by atoms with Gasteiger partial charge in [-0.2, -0.15) is 0 Å². The van der Waals surface area contributed by atoms with Crippen LogP contribution in [0.1, 0.15) is 21.5 Å². The summed E-state index contributed by atoms with van der Waals surface area (Å²) in [5.74, 6) is -0.788. The minimum atomic E-state index is -3.94. The van der Waals surface area contributed by atoms with E-state index in [0.717, 1.165) is 0 Å². The van der Waals surface area contributed by atoms with Crippen molar-refractivity contribution in [3.05, 3.63) is 93.5 Å². The summed E-state index contributed by atoms with van der Waals surface area (Å²) in [5.41, 5.74) is 1.62. The number of carbonyl (C=O) groups is 1. The second-order valence-electron chi connectivity index (χ2n) is 7.20. The average Bonchev–Trinajstić information content (AvgIpc) is 2.80. The molecule has 0 unspecified atom stereocenters. The molecule has 3 aromatic rings. The second-order valence-corrected chi connectivity index (χ2v) is 9.76. The summed E-state index contributed by atoms with van der Waals surface area (Å²) in [5, 5.41) is 19.2. The quantitative estimate of drug-likeness (QED) is 0.250. The Kier molecular flexibility index (Phi) is 6.51. The highest BCUT2D eigenvalue weighted by Crippen LogP contribution is 2.41. The lowest BCUT2D eigenvalue weighted by Gasteiger charge is -2.19. The smallest absolute Gasteiger partial charge is 0.295 e. The van der Waals surface area contributed by atoms with E-state index in [4.69, 9.17) is 23.2 Å². The summed E-state index contributed by atoms with van der Waals surface area (Å²) in [7, 11) is -3.94. The maximum Gasteiger partial charge on any atom is 0.295 e. The van der Waals surface area contributed by atoms with Gasteiger partial charge in [0.1, 0.15) is 11.4 Å². The number of phenols is 1. The van der Waals surface area contributed by atoms with Crippen LogP contribution in [0.4, 0.5) is 11.4 Å². The molecule has 0 spiro atoms. The molecule has 0 aromatic heterocycles. The number of fused-ring (bicyclic) bond motifs is 1. The lowest BCUT2D eigenvalue weighted by atomic mass is 9.93. The Labute approximate surface area is 200 Å². The van der Waals surface area contributed by atoms with E-state index in [-0.39, 0.29) is 27.6 Å². The maximum absolute atomic E-state index is 12.9. The Balaban J connectivity index is 1.71. The van der Waals surface area contributed by atoms with Crippen LogP contribution in [0.15, 0.2) is 81.9 Å². The highest BCUT2D eigenvalue weighted by Gasteiger charge is 2.23. The Morgan fingerprint density at radius 1 is 0.909 bits per heavy atom. The van der Waals surface area contributed by atoms with Crippen molar-refractivity contribution >= 4 is 50.5 Å². The zero-order chi connectivity index (χ0) is 23.6. The molecule has 0 radical (unpaired) electrons. The van der Waals surface area contributed by atoms with Crippen molar-refractivity contribution < 1.29 is 18.3 Å². The molecule has 0 saturated heterocycles. The number of benzene rings is 3. The molecule has 1 aliphatic rings. The minimum absolute atomic E-state index is 0.0276. The third kappa shape index (κ3) is 5.08. The number of phenolic OH excluding ortho intramolecular Hbond substituents is 1. The predicted octanol–water partition coefficient (Wildman–Crippen LogP) is 6.08. The SMILES string of the molecule is O=C(N=Nc1cc(NS(=O)(=O)c2ccc(Cl)cc2)c2c(c1O)CC=CC2)c1ccc(Cl)cc1. The van der Waals surface area contributed by atoms with Crippen LogP contribution in [0.5, 0.6) is 5.75 Å². The standard InChI is InChI=1S/C23H17Cl2N3O4S/c24-15-7-5-14(6-8-15)23(30)27-26-21-13-20(18-3-1-2-4-19(18)22(21)29)28-33(31,32)17-11-9-16(25)10-12-17/h1-2,5-13,28-29H,3-4H2. The van der Waals surface area contributed by atoms with Crippen molar-refractivity contribution in [3.8, 4) is 5.75 Å². The van der Waals surface area contributed by atoms with Crippen molar-refractivity contribution in [3.63, 3.8) is 0 Å². The van der Waals surface area contributed by atoms with E-state index in [1.165, 1.54) is 42.5 Å². The van der Waals surface area contributed by atoms with Crippen LogP contribution in [0.3, 0.4) is 0 Å². The summed E-state index contributed by atoms with van der Waals surface area (Å²) in [6.07, 6.45) is 4.54. The number of rotatable bonds is 5. The number of azo groups is 1. The Bertz CT molecular complexity index is 1380. The van der Waals surface area contributed by atoms with Gasteiger partial charge in [-0.3, -0.25) is 9.52 Å². The third-order valence-corrected chi connectivity index (χ3v) is 6.90. The largest absolute Gasteiger partial charge is 0.505 e. The molecule has 0 heterocycles. The van der Waals surface area contributed by atoms with Gasteiger partial charge < -0.3 is 5.11 Å². The Morgan fingerprint density at radius 3 is 2.12 bits per heavy atom. The van der Waals surface area contributed by atoms with E-state index in [1.807, 2.05) is 12.2 Å². The summed E-state index contributed by atoms with van der Waals surface area (Å²) < 4.78 is 28.4. The zero-order valence-corrected chi connectivity index (χ0v) is 19.3. The first-order chi connectivity index (χ1) is 15.7. The van der Waals surface area contributed by atoms with Crippen LogP contribution < -0.4 is 4.72 Å². The fourth-order valence-electron chi connectivity index (χ4n) is 3.34. The maximum atomic E-state index is 12.9. The number of allylic oxidation sites excluding steroid dienone is 2. The predicted molar refractivity (Wildman–Crippen MR) is 127 cm³/mol. The van der Waals surface area contributed by atoms with Crippen LogP contribution in [-0.2, 0) is 22.9 Å². The Morgan fingerprint density at radius 2 is 1.48 bits per heavy atom. The van der Waals surface area contributed by atoms with Gasteiger partial charge in [-0.1, -0.05) is 35.4 Å². The first-order valence-corrected chi connectivity index (χ1v) is 12.0. The van der Waals surface area contributed by atoms with Crippen LogP contribution >= 0.6 is 23.2 Å². The third-order valence-electron chi connectivity index (χ3n) is 5.02. The lowest BCUT2D eigenvalue weighted by molar-refractivity contribution is 0.0995. The summed E-state index contributed by atoms with van der Waals surface area (Å²) in [6.45, 7) is 0. The fourth-order valence-corrected chi connectivity index (χ4v) is 4.68. The monoisotopic (exact) mass is 501 g/mol. The molecule has 3 aromatic carbocycles. The van der Waals surface area contributed by atoms with Gasteiger partial charge in [-0.15, -0.1) is 10.2 Å². The van der Waals surface area contributed by atoms with Gasteiger partial charge in [0, 0.05) is 21.2 Å². The molecule has 0 atom stereocenters. The highest BCUT2D eigenvalue weighted by atomic mass is 35.5. The van der Waals surface area contributed by atoms with Gasteiger partial charge in [0.05, 0.1) is 10.6 Å². The first kappa shape index (κ1) is 23.0. The van der Waals surface area contributed by atoms with E-state index in [0.29, 0.717) is 34.0 Å². The zero-order valence-electron chi connectivity index (χ0n) is 17.0. The van der Waals surface area contributed by atoms with Crippen molar-refractivity contribution in [1.82, 2.24) is 0 Å². The van der Waals surface area contributed by atoms with Crippen LogP contribution in [0, 0.1) is 0 Å². The van der Waals surface area contributed by atoms with Crippen molar-refractivity contribution in [2.75, 3.05) is 4.72 Å². The molecule has 1 aliphatic carbocycles. The van der Waals surface area contributed by atoms with Crippen LogP contribution in [0.2, 0.25) is 10.0 Å². The van der Waals surface area contributed by atoms with Crippen molar-refractivity contribution in [2.45, 2.75) is 17.7 Å². The van der Waals surface area contributed by atoms with Gasteiger partial charge in [0.25, 0.3) is 15.9 Å². The first-order valence-electron chi connectivity index (χ1n) is 9.77. The lowest BCUT2D eigenvalue weighted by Crippen LogP contribution is -2.15. The molecule has 0 fully saturated rings. The number of nitrogens with one attached hydrogen (secondary N) is 1. The summed E-state index contributed by atoms with van der Waals surface area (Å²) in [4.78, 5) is 12.4. The summed E-state index contributed by atoms with van der Waals surface area (Å²) in [6, 6.07) is 13.2. The number of sulfonamides is 1. The highest BCUT2D eigenvalue weighted by molar-refractivity contribution is 7.92. The number of anilines is 1. The Hall–Kier alpha value is -3.20.